The maximum absolute atomic E-state index is 15.2. The summed E-state index contributed by atoms with van der Waals surface area (Å²) in [7, 11) is 1.13. The van der Waals surface area contributed by atoms with Crippen molar-refractivity contribution in [2.75, 3.05) is 0 Å². The van der Waals surface area contributed by atoms with Crippen molar-refractivity contribution in [2.45, 2.75) is 13.8 Å². The van der Waals surface area contributed by atoms with E-state index in [1.54, 1.807) is 0 Å². The summed E-state index contributed by atoms with van der Waals surface area (Å²) in [5.74, 6) is -19.1. The first-order valence-corrected chi connectivity index (χ1v) is 10.7. The molecule has 0 aliphatic carbocycles. The van der Waals surface area contributed by atoms with E-state index < -0.39 is 102 Å². The van der Waals surface area contributed by atoms with Crippen molar-refractivity contribution in [3.05, 3.63) is 105 Å². The largest absolute Gasteiger partial charge is 0.277 e. The fourth-order valence-electron chi connectivity index (χ4n) is 4.67. The van der Waals surface area contributed by atoms with Gasteiger partial charge in [0.25, 0.3) is 22.2 Å². The Bertz CT molecular complexity index is 2110. The van der Waals surface area contributed by atoms with Gasteiger partial charge in [-0.2, -0.15) is 0 Å². The summed E-state index contributed by atoms with van der Waals surface area (Å²) in [4.78, 5) is 50.9. The summed E-state index contributed by atoms with van der Waals surface area (Å²) in [6.07, 6.45) is 0. The molecule has 3 aromatic carbocycles. The third-order valence-electron chi connectivity index (χ3n) is 6.68. The lowest BCUT2D eigenvalue weighted by Gasteiger charge is -2.15. The minimum absolute atomic E-state index is 0.237. The molecule has 5 aromatic rings. The van der Waals surface area contributed by atoms with E-state index in [9.17, 15) is 36.7 Å². The van der Waals surface area contributed by atoms with Crippen LogP contribution in [0.1, 0.15) is 11.1 Å². The molecule has 2 aromatic heterocycles. The molecular formula is C25H10F8N2O4. The first-order chi connectivity index (χ1) is 18.1. The molecule has 0 aliphatic heterocycles. The summed E-state index contributed by atoms with van der Waals surface area (Å²) in [5, 5.41) is -1.83. The van der Waals surface area contributed by atoms with E-state index >= 15 is 17.6 Å². The molecule has 2 heterocycles. The number of hydrogen-bond donors (Lipinski definition) is 0. The monoisotopic (exact) mass is 554 g/mol. The van der Waals surface area contributed by atoms with E-state index in [0.29, 0.717) is 11.5 Å². The van der Waals surface area contributed by atoms with Crippen LogP contribution in [0, 0.1) is 60.4 Å². The Balaban J connectivity index is 1.92. The van der Waals surface area contributed by atoms with Gasteiger partial charge in [0.1, 0.15) is 5.69 Å². The van der Waals surface area contributed by atoms with Gasteiger partial charge in [-0.25, -0.2) is 39.7 Å². The molecule has 39 heavy (non-hydrogen) atoms. The van der Waals surface area contributed by atoms with Crippen molar-refractivity contribution in [2.24, 2.45) is 7.05 Å². The molecule has 0 radical (unpaired) electrons. The normalized spacial score (nSPS) is 11.9. The van der Waals surface area contributed by atoms with Gasteiger partial charge in [0.05, 0.1) is 32.7 Å². The van der Waals surface area contributed by atoms with Gasteiger partial charge in [0.15, 0.2) is 46.5 Å². The van der Waals surface area contributed by atoms with Crippen LogP contribution < -0.4 is 22.2 Å². The third kappa shape index (κ3) is 3.08. The van der Waals surface area contributed by atoms with Crippen molar-refractivity contribution in [1.29, 1.82) is 0 Å². The Morgan fingerprint density at radius 1 is 0.513 bits per heavy atom. The van der Waals surface area contributed by atoms with Gasteiger partial charge in [0, 0.05) is 12.6 Å². The zero-order chi connectivity index (χ0) is 29.0. The second kappa shape index (κ2) is 8.19. The minimum atomic E-state index is -2.58. The molecule has 0 bridgehead atoms. The van der Waals surface area contributed by atoms with E-state index in [1.165, 1.54) is 0 Å². The Kier molecular flexibility index (Phi) is 5.46. The first kappa shape index (κ1) is 26.0. The lowest BCUT2D eigenvalue weighted by Crippen LogP contribution is -2.27. The zero-order valence-electron chi connectivity index (χ0n) is 19.6. The number of hydrogen-bond acceptors (Lipinski definition) is 4. The predicted molar refractivity (Wildman–Crippen MR) is 122 cm³/mol. The molecule has 0 spiro atoms. The topological polar surface area (TPSA) is 78.1 Å². The number of halogens is 8. The molecule has 5 rings (SSSR count). The maximum atomic E-state index is 15.2. The predicted octanol–water partition coefficient (Wildman–Crippen LogP) is 3.84. The molecule has 0 unspecified atom stereocenters. The summed E-state index contributed by atoms with van der Waals surface area (Å²) in [6.45, 7) is 1.75. The molecular weight excluding hydrogens is 544 g/mol. The highest BCUT2D eigenvalue weighted by molar-refractivity contribution is 6.02. The molecule has 0 fully saturated rings. The Hall–Kier alpha value is -4.62. The van der Waals surface area contributed by atoms with E-state index in [1.807, 2.05) is 0 Å². The Morgan fingerprint density at radius 2 is 0.923 bits per heavy atom. The van der Waals surface area contributed by atoms with Gasteiger partial charge in [-0.15, -0.1) is 0 Å². The van der Waals surface area contributed by atoms with Crippen LogP contribution in [-0.4, -0.2) is 9.13 Å². The summed E-state index contributed by atoms with van der Waals surface area (Å²) in [5.41, 5.74) is -12.5. The first-order valence-electron chi connectivity index (χ1n) is 10.7. The van der Waals surface area contributed by atoms with Crippen molar-refractivity contribution in [3.8, 4) is 16.8 Å². The summed E-state index contributed by atoms with van der Waals surface area (Å²) < 4.78 is 118. The van der Waals surface area contributed by atoms with Gasteiger partial charge in [-0.3, -0.25) is 23.7 Å². The molecule has 0 aliphatic rings. The summed E-state index contributed by atoms with van der Waals surface area (Å²) in [6, 6.07) is 0.807. The van der Waals surface area contributed by atoms with E-state index in [-0.39, 0.29) is 20.9 Å². The summed E-state index contributed by atoms with van der Waals surface area (Å²) >= 11 is 0. The molecule has 0 N–H and O–H groups in total. The van der Waals surface area contributed by atoms with Gasteiger partial charge >= 0.3 is 0 Å². The van der Waals surface area contributed by atoms with Crippen LogP contribution in [0.5, 0.6) is 0 Å². The molecule has 0 amide bonds. The second-order valence-corrected chi connectivity index (χ2v) is 8.70. The molecule has 14 heteroatoms. The fraction of sp³-hybridized carbons (Fsp3) is 0.120. The van der Waals surface area contributed by atoms with Crippen molar-refractivity contribution in [1.82, 2.24) is 9.13 Å². The average molecular weight is 554 g/mol. The van der Waals surface area contributed by atoms with Crippen molar-refractivity contribution >= 4 is 21.5 Å². The molecule has 0 saturated carbocycles. The highest BCUT2D eigenvalue weighted by atomic mass is 19.2. The number of rotatable bonds is 2. The van der Waals surface area contributed by atoms with Gasteiger partial charge in [-0.05, 0) is 25.5 Å². The van der Waals surface area contributed by atoms with E-state index in [4.69, 9.17) is 0 Å². The zero-order valence-corrected chi connectivity index (χ0v) is 19.6. The second-order valence-electron chi connectivity index (χ2n) is 8.70. The third-order valence-corrected chi connectivity index (χ3v) is 6.68. The van der Waals surface area contributed by atoms with Gasteiger partial charge in [-0.1, -0.05) is 0 Å². The minimum Gasteiger partial charge on any atom is -0.277 e. The van der Waals surface area contributed by atoms with Crippen LogP contribution in [-0.2, 0) is 7.05 Å². The Morgan fingerprint density at radius 3 is 1.41 bits per heavy atom. The van der Waals surface area contributed by atoms with Crippen LogP contribution >= 0.6 is 0 Å². The van der Waals surface area contributed by atoms with E-state index in [0.717, 1.165) is 20.0 Å². The van der Waals surface area contributed by atoms with Crippen LogP contribution in [0.2, 0.25) is 0 Å². The van der Waals surface area contributed by atoms with Crippen molar-refractivity contribution < 1.29 is 35.1 Å². The number of nitrogens with zero attached hydrogens (tertiary/aromatic N) is 2. The molecule has 200 valence electrons. The molecule has 0 saturated heterocycles. The lowest BCUT2D eigenvalue weighted by molar-refractivity contribution is 0.434. The fourth-order valence-corrected chi connectivity index (χ4v) is 4.67. The standard InChI is InChI=1S/C25H10F8N2O4/c1-5-9-7(22(36)34(3)24(9)38)4-8-10(5)25(39)35(23(8)37)21-19(32)17(30)12(18(31)20(21)33)11-15(28)13(26)6(2)14(27)16(11)29/h4H,1-3H3. The number of aromatic nitrogens is 2. The number of fused-ring (bicyclic) bond motifs is 2. The molecule has 6 nitrogen and oxygen atoms in total. The SMILES string of the molecule is Cc1c(F)c(F)c(-c2c(F)c(F)c(-n3c(=O)c4cc5c(=O)n(C)c(=O)c5c(C)c4c3=O)c(F)c2F)c(F)c1F. The molecule has 0 atom stereocenters. The number of benzene rings is 3. The maximum Gasteiger partial charge on any atom is 0.266 e. The highest BCUT2D eigenvalue weighted by Crippen LogP contribution is 2.38. The van der Waals surface area contributed by atoms with Crippen molar-refractivity contribution in [3.63, 3.8) is 0 Å². The van der Waals surface area contributed by atoms with Crippen LogP contribution in [0.4, 0.5) is 35.1 Å². The quantitative estimate of drug-likeness (QED) is 0.246. The van der Waals surface area contributed by atoms with Gasteiger partial charge in [0.2, 0.25) is 0 Å². The lowest BCUT2D eigenvalue weighted by atomic mass is 9.99. The van der Waals surface area contributed by atoms with Crippen LogP contribution in [0.3, 0.4) is 0 Å². The average Bonchev–Trinajstić information content (AvgIpc) is 3.27. The van der Waals surface area contributed by atoms with Crippen LogP contribution in [0.25, 0.3) is 38.4 Å². The number of aryl methyl sites for hydroxylation is 1. The van der Waals surface area contributed by atoms with E-state index in [2.05, 4.69) is 0 Å². The smallest absolute Gasteiger partial charge is 0.266 e. The highest BCUT2D eigenvalue weighted by Gasteiger charge is 2.35. The van der Waals surface area contributed by atoms with Crippen LogP contribution in [0.15, 0.2) is 25.2 Å². The van der Waals surface area contributed by atoms with Gasteiger partial charge < -0.3 is 0 Å². The Labute approximate surface area is 209 Å².